The molecule has 1 saturated carbocycles. The molecule has 1 aliphatic carbocycles. The summed E-state index contributed by atoms with van der Waals surface area (Å²) in [7, 11) is 0. The van der Waals surface area contributed by atoms with Gasteiger partial charge in [0.25, 0.3) is 5.91 Å². The molecule has 3 rings (SSSR count). The summed E-state index contributed by atoms with van der Waals surface area (Å²) in [5.41, 5.74) is 3.61. The van der Waals surface area contributed by atoms with Crippen LogP contribution in [0, 0.1) is 13.8 Å². The van der Waals surface area contributed by atoms with Crippen LogP contribution in [0.2, 0.25) is 0 Å². The van der Waals surface area contributed by atoms with E-state index in [1.165, 1.54) is 5.56 Å². The minimum atomic E-state index is 0.0814. The Bertz CT molecular complexity index is 723. The number of benzene rings is 1. The molecule has 2 aromatic rings. The highest BCUT2D eigenvalue weighted by atomic mass is 16.3. The molecule has 122 valence electrons. The number of rotatable bonds is 6. The summed E-state index contributed by atoms with van der Waals surface area (Å²) >= 11 is 0. The van der Waals surface area contributed by atoms with Gasteiger partial charge in [0.1, 0.15) is 0 Å². The number of carbonyl (C=O) groups excluding carboxylic acids is 1. The molecule has 1 heterocycles. The first-order valence-corrected chi connectivity index (χ1v) is 8.40. The summed E-state index contributed by atoms with van der Waals surface area (Å²) in [6, 6.07) is 8.47. The van der Waals surface area contributed by atoms with Crippen LogP contribution in [-0.4, -0.2) is 40.1 Å². The molecule has 1 aliphatic rings. The van der Waals surface area contributed by atoms with Crippen molar-refractivity contribution in [2.75, 3.05) is 13.2 Å². The lowest BCUT2D eigenvalue weighted by molar-refractivity contribution is 0.0736. The van der Waals surface area contributed by atoms with Gasteiger partial charge in [0.05, 0.1) is 16.8 Å². The topological polar surface area (TPSA) is 53.4 Å². The van der Waals surface area contributed by atoms with Crippen LogP contribution in [-0.2, 0) is 0 Å². The van der Waals surface area contributed by atoms with E-state index in [1.807, 2.05) is 36.9 Å². The Hall–Kier alpha value is -1.94. The second kappa shape index (κ2) is 6.67. The Kier molecular flexibility index (Phi) is 4.62. The molecule has 0 saturated heterocycles. The Balaban J connectivity index is 1.89. The maximum Gasteiger partial charge on any atom is 0.255 e. The maximum absolute atomic E-state index is 13.0. The maximum atomic E-state index is 13.0. The highest BCUT2D eigenvalue weighted by Gasteiger charge is 2.33. The first kappa shape index (κ1) is 15.9. The standard InChI is InChI=1S/C19H24N2O2/c1-13-5-6-15-12-17(14(2)20-18(15)11-13)19(23)21(16-7-8-16)9-3-4-10-22/h5-6,11-12,16,22H,3-4,7-10H2,1-2H3. The van der Waals surface area contributed by atoms with Crippen LogP contribution in [0.1, 0.15) is 47.3 Å². The molecule has 0 spiro atoms. The van der Waals surface area contributed by atoms with Crippen molar-refractivity contribution in [3.05, 3.63) is 41.1 Å². The zero-order chi connectivity index (χ0) is 16.4. The number of fused-ring (bicyclic) bond motifs is 1. The molecule has 0 bridgehead atoms. The lowest BCUT2D eigenvalue weighted by Gasteiger charge is -2.23. The number of carbonyl (C=O) groups is 1. The van der Waals surface area contributed by atoms with Gasteiger partial charge in [0, 0.05) is 24.6 Å². The van der Waals surface area contributed by atoms with Crippen molar-refractivity contribution in [3.8, 4) is 0 Å². The molecule has 4 heteroatoms. The number of aliphatic hydroxyl groups excluding tert-OH is 1. The van der Waals surface area contributed by atoms with Crippen LogP contribution >= 0.6 is 0 Å². The summed E-state index contributed by atoms with van der Waals surface area (Å²) in [5.74, 6) is 0.0814. The minimum absolute atomic E-state index is 0.0814. The van der Waals surface area contributed by atoms with E-state index < -0.39 is 0 Å². The third kappa shape index (κ3) is 3.53. The number of unbranched alkanes of at least 4 members (excludes halogenated alkanes) is 1. The monoisotopic (exact) mass is 312 g/mol. The van der Waals surface area contributed by atoms with Crippen molar-refractivity contribution in [2.45, 2.75) is 45.6 Å². The third-order valence-corrected chi connectivity index (χ3v) is 4.45. The van der Waals surface area contributed by atoms with E-state index in [9.17, 15) is 4.79 Å². The van der Waals surface area contributed by atoms with E-state index in [0.717, 1.165) is 48.8 Å². The molecule has 0 unspecified atom stereocenters. The van der Waals surface area contributed by atoms with Crippen LogP contribution in [0.25, 0.3) is 10.9 Å². The van der Waals surface area contributed by atoms with E-state index in [4.69, 9.17) is 5.11 Å². The molecular weight excluding hydrogens is 288 g/mol. The molecule has 0 atom stereocenters. The molecule has 23 heavy (non-hydrogen) atoms. The van der Waals surface area contributed by atoms with Gasteiger partial charge in [-0.3, -0.25) is 9.78 Å². The lowest BCUT2D eigenvalue weighted by Crippen LogP contribution is -2.34. The van der Waals surface area contributed by atoms with Gasteiger partial charge in [0.2, 0.25) is 0 Å². The fraction of sp³-hybridized carbons (Fsp3) is 0.474. The highest BCUT2D eigenvalue weighted by molar-refractivity contribution is 5.99. The van der Waals surface area contributed by atoms with Crippen molar-refractivity contribution in [1.82, 2.24) is 9.88 Å². The predicted octanol–water partition coefficient (Wildman–Crippen LogP) is 3.23. The molecule has 0 aliphatic heterocycles. The number of pyridine rings is 1. The average Bonchev–Trinajstić information content (AvgIpc) is 3.35. The Labute approximate surface area is 137 Å². The fourth-order valence-electron chi connectivity index (χ4n) is 2.97. The van der Waals surface area contributed by atoms with Crippen molar-refractivity contribution in [2.24, 2.45) is 0 Å². The molecule has 0 radical (unpaired) electrons. The number of hydrogen-bond donors (Lipinski definition) is 1. The van der Waals surface area contributed by atoms with Crippen LogP contribution in [0.4, 0.5) is 0 Å². The molecule has 4 nitrogen and oxygen atoms in total. The zero-order valence-corrected chi connectivity index (χ0v) is 13.9. The average molecular weight is 312 g/mol. The summed E-state index contributed by atoms with van der Waals surface area (Å²) in [5, 5.41) is 9.97. The summed E-state index contributed by atoms with van der Waals surface area (Å²) in [6.45, 7) is 4.86. The first-order valence-electron chi connectivity index (χ1n) is 8.40. The van der Waals surface area contributed by atoms with Crippen molar-refractivity contribution in [3.63, 3.8) is 0 Å². The highest BCUT2D eigenvalue weighted by Crippen LogP contribution is 2.29. The zero-order valence-electron chi connectivity index (χ0n) is 13.9. The van der Waals surface area contributed by atoms with Crippen LogP contribution in [0.15, 0.2) is 24.3 Å². The van der Waals surface area contributed by atoms with Gasteiger partial charge in [-0.1, -0.05) is 12.1 Å². The van der Waals surface area contributed by atoms with Crippen LogP contribution in [0.3, 0.4) is 0 Å². The van der Waals surface area contributed by atoms with Gasteiger partial charge >= 0.3 is 0 Å². The van der Waals surface area contributed by atoms with Crippen molar-refractivity contribution in [1.29, 1.82) is 0 Å². The smallest absolute Gasteiger partial charge is 0.255 e. The van der Waals surface area contributed by atoms with Crippen molar-refractivity contribution < 1.29 is 9.90 Å². The number of aliphatic hydroxyl groups is 1. The van der Waals surface area contributed by atoms with Gasteiger partial charge < -0.3 is 10.0 Å². The number of nitrogens with zero attached hydrogens (tertiary/aromatic N) is 2. The Morgan fingerprint density at radius 1 is 1.26 bits per heavy atom. The predicted molar refractivity (Wildman–Crippen MR) is 91.6 cm³/mol. The third-order valence-electron chi connectivity index (χ3n) is 4.45. The summed E-state index contributed by atoms with van der Waals surface area (Å²) < 4.78 is 0. The Morgan fingerprint density at radius 3 is 2.74 bits per heavy atom. The quantitative estimate of drug-likeness (QED) is 0.833. The number of hydrogen-bond acceptors (Lipinski definition) is 3. The van der Waals surface area contributed by atoms with E-state index in [1.54, 1.807) is 0 Å². The largest absolute Gasteiger partial charge is 0.396 e. The molecule has 1 N–H and O–H groups in total. The molecule has 1 fully saturated rings. The van der Waals surface area contributed by atoms with E-state index in [0.29, 0.717) is 11.6 Å². The molecule has 1 aromatic carbocycles. The van der Waals surface area contributed by atoms with Crippen LogP contribution in [0.5, 0.6) is 0 Å². The second-order valence-electron chi connectivity index (χ2n) is 6.48. The van der Waals surface area contributed by atoms with Gasteiger partial charge in [-0.15, -0.1) is 0 Å². The molecule has 1 aromatic heterocycles. The van der Waals surface area contributed by atoms with E-state index >= 15 is 0 Å². The fourth-order valence-corrected chi connectivity index (χ4v) is 2.97. The number of amides is 1. The van der Waals surface area contributed by atoms with Gasteiger partial charge in [-0.05, 0) is 57.2 Å². The lowest BCUT2D eigenvalue weighted by atomic mass is 10.1. The van der Waals surface area contributed by atoms with E-state index in [2.05, 4.69) is 11.1 Å². The Morgan fingerprint density at radius 2 is 2.04 bits per heavy atom. The van der Waals surface area contributed by atoms with Gasteiger partial charge in [0.15, 0.2) is 0 Å². The number of aromatic nitrogens is 1. The first-order chi connectivity index (χ1) is 11.1. The molecular formula is C19H24N2O2. The number of aryl methyl sites for hydroxylation is 2. The summed E-state index contributed by atoms with van der Waals surface area (Å²) in [6.07, 6.45) is 3.76. The van der Waals surface area contributed by atoms with Crippen molar-refractivity contribution >= 4 is 16.8 Å². The summed E-state index contributed by atoms with van der Waals surface area (Å²) in [4.78, 5) is 19.6. The van der Waals surface area contributed by atoms with E-state index in [-0.39, 0.29) is 12.5 Å². The minimum Gasteiger partial charge on any atom is -0.396 e. The SMILES string of the molecule is Cc1ccc2cc(C(=O)N(CCCCO)C3CC3)c(C)nc2c1. The molecule has 1 amide bonds. The van der Waals surface area contributed by atoms with Gasteiger partial charge in [-0.2, -0.15) is 0 Å². The normalized spacial score (nSPS) is 14.2. The van der Waals surface area contributed by atoms with Gasteiger partial charge in [-0.25, -0.2) is 0 Å². The van der Waals surface area contributed by atoms with Crippen LogP contribution < -0.4 is 0 Å². The second-order valence-corrected chi connectivity index (χ2v) is 6.48.